The number of hydrogen-bond donors (Lipinski definition) is 2. The van der Waals surface area contributed by atoms with Crippen LogP contribution in [0.1, 0.15) is 36.1 Å². The molecule has 0 bridgehead atoms. The number of nitrogens with one attached hydrogen (secondary N) is 1. The highest BCUT2D eigenvalue weighted by Gasteiger charge is 2.24. The highest BCUT2D eigenvalue weighted by atomic mass is 16.5. The number of rotatable bonds is 6. The Kier molecular flexibility index (Phi) is 5.39. The van der Waals surface area contributed by atoms with E-state index in [2.05, 4.69) is 46.0 Å². The van der Waals surface area contributed by atoms with Crippen LogP contribution in [0.4, 0.5) is 0 Å². The van der Waals surface area contributed by atoms with E-state index in [4.69, 9.17) is 10.5 Å². The van der Waals surface area contributed by atoms with Gasteiger partial charge in [-0.15, -0.1) is 0 Å². The third kappa shape index (κ3) is 3.48. The van der Waals surface area contributed by atoms with Gasteiger partial charge in [0.05, 0.1) is 7.11 Å². The Labute approximate surface area is 117 Å². The van der Waals surface area contributed by atoms with Gasteiger partial charge < -0.3 is 15.8 Å². The van der Waals surface area contributed by atoms with Crippen LogP contribution in [0.25, 0.3) is 0 Å². The Balaban J connectivity index is 3.13. The fourth-order valence-corrected chi connectivity index (χ4v) is 2.67. The molecular formula is C16H28N2O. The first-order chi connectivity index (χ1) is 8.85. The van der Waals surface area contributed by atoms with Crippen LogP contribution in [-0.2, 0) is 5.41 Å². The number of aryl methyl sites for hydroxylation is 1. The molecule has 3 heteroatoms. The molecule has 0 spiro atoms. The second kappa shape index (κ2) is 6.40. The Morgan fingerprint density at radius 3 is 2.37 bits per heavy atom. The molecule has 1 rings (SSSR count). The molecule has 1 aromatic rings. The van der Waals surface area contributed by atoms with Gasteiger partial charge >= 0.3 is 0 Å². The van der Waals surface area contributed by atoms with E-state index < -0.39 is 0 Å². The molecule has 0 amide bonds. The van der Waals surface area contributed by atoms with Gasteiger partial charge in [-0.2, -0.15) is 0 Å². The Morgan fingerprint density at radius 1 is 1.21 bits per heavy atom. The molecule has 1 aromatic carbocycles. The summed E-state index contributed by atoms with van der Waals surface area (Å²) >= 11 is 0. The molecule has 0 radical (unpaired) electrons. The summed E-state index contributed by atoms with van der Waals surface area (Å²) in [5, 5.41) is 3.41. The van der Waals surface area contributed by atoms with Crippen molar-refractivity contribution in [2.24, 2.45) is 5.73 Å². The summed E-state index contributed by atoms with van der Waals surface area (Å²) in [5.41, 5.74) is 10.8. The van der Waals surface area contributed by atoms with Crippen LogP contribution in [0.5, 0.6) is 5.75 Å². The summed E-state index contributed by atoms with van der Waals surface area (Å²) in [4.78, 5) is 0. The summed E-state index contributed by atoms with van der Waals surface area (Å²) in [5.74, 6) is 1.01. The summed E-state index contributed by atoms with van der Waals surface area (Å²) in [6, 6.07) is 2.26. The van der Waals surface area contributed by atoms with Gasteiger partial charge in [-0.25, -0.2) is 0 Å². The van der Waals surface area contributed by atoms with Crippen LogP contribution >= 0.6 is 0 Å². The van der Waals surface area contributed by atoms with Crippen molar-refractivity contribution in [2.75, 3.05) is 26.7 Å². The first-order valence-electron chi connectivity index (χ1n) is 6.91. The van der Waals surface area contributed by atoms with Gasteiger partial charge in [0.1, 0.15) is 5.75 Å². The molecule has 0 atom stereocenters. The number of benzene rings is 1. The molecule has 0 fully saturated rings. The van der Waals surface area contributed by atoms with E-state index in [1.165, 1.54) is 22.3 Å². The smallest absolute Gasteiger partial charge is 0.124 e. The zero-order valence-corrected chi connectivity index (χ0v) is 13.2. The minimum Gasteiger partial charge on any atom is -0.496 e. The molecular weight excluding hydrogens is 236 g/mol. The predicted octanol–water partition coefficient (Wildman–Crippen LogP) is 2.45. The number of hydrogen-bond acceptors (Lipinski definition) is 3. The lowest BCUT2D eigenvalue weighted by Gasteiger charge is -2.29. The first kappa shape index (κ1) is 16.0. The lowest BCUT2D eigenvalue weighted by atomic mass is 9.79. The van der Waals surface area contributed by atoms with E-state index in [1.807, 2.05) is 0 Å². The van der Waals surface area contributed by atoms with Crippen molar-refractivity contribution in [2.45, 2.75) is 40.0 Å². The van der Waals surface area contributed by atoms with Crippen molar-refractivity contribution < 1.29 is 4.74 Å². The van der Waals surface area contributed by atoms with Gasteiger partial charge in [-0.3, -0.25) is 0 Å². The van der Waals surface area contributed by atoms with Gasteiger partial charge in [0, 0.05) is 25.0 Å². The monoisotopic (exact) mass is 264 g/mol. The van der Waals surface area contributed by atoms with Crippen molar-refractivity contribution in [1.82, 2.24) is 5.32 Å². The van der Waals surface area contributed by atoms with E-state index in [9.17, 15) is 0 Å². The van der Waals surface area contributed by atoms with Crippen LogP contribution in [0.3, 0.4) is 0 Å². The molecule has 3 N–H and O–H groups in total. The molecule has 0 aromatic heterocycles. The quantitative estimate of drug-likeness (QED) is 0.776. The number of methoxy groups -OCH3 is 1. The average Bonchev–Trinajstić information content (AvgIpc) is 2.34. The number of nitrogens with two attached hydrogens (primary N) is 1. The SMILES string of the molecule is COc1c(C)cc(C(C)(C)CNCCN)c(C)c1C. The largest absolute Gasteiger partial charge is 0.496 e. The van der Waals surface area contributed by atoms with Crippen molar-refractivity contribution >= 4 is 0 Å². The lowest BCUT2D eigenvalue weighted by Crippen LogP contribution is -2.36. The molecule has 0 unspecified atom stereocenters. The van der Waals surface area contributed by atoms with Crippen molar-refractivity contribution in [3.8, 4) is 5.75 Å². The van der Waals surface area contributed by atoms with Gasteiger partial charge in [0.2, 0.25) is 0 Å². The fraction of sp³-hybridized carbons (Fsp3) is 0.625. The van der Waals surface area contributed by atoms with Crippen molar-refractivity contribution in [3.05, 3.63) is 28.3 Å². The average molecular weight is 264 g/mol. The van der Waals surface area contributed by atoms with Gasteiger partial charge in [-0.05, 0) is 43.0 Å². The predicted molar refractivity (Wildman–Crippen MR) is 82.2 cm³/mol. The zero-order chi connectivity index (χ0) is 14.6. The fourth-order valence-electron chi connectivity index (χ4n) is 2.67. The maximum Gasteiger partial charge on any atom is 0.124 e. The summed E-state index contributed by atoms with van der Waals surface area (Å²) in [6.45, 7) is 13.4. The van der Waals surface area contributed by atoms with Gasteiger partial charge in [0.15, 0.2) is 0 Å². The second-order valence-electron chi connectivity index (χ2n) is 5.87. The van der Waals surface area contributed by atoms with Crippen molar-refractivity contribution in [3.63, 3.8) is 0 Å². The minimum absolute atomic E-state index is 0.0844. The Bertz CT molecular complexity index is 439. The van der Waals surface area contributed by atoms with Crippen molar-refractivity contribution in [1.29, 1.82) is 0 Å². The van der Waals surface area contributed by atoms with Crippen LogP contribution in [-0.4, -0.2) is 26.7 Å². The van der Waals surface area contributed by atoms with E-state index in [0.29, 0.717) is 6.54 Å². The molecule has 0 aliphatic rings. The van der Waals surface area contributed by atoms with Crippen LogP contribution < -0.4 is 15.8 Å². The number of ether oxygens (including phenoxy) is 1. The molecule has 19 heavy (non-hydrogen) atoms. The standard InChI is InChI=1S/C16H28N2O/c1-11-9-14(12(2)13(3)15(11)19-6)16(4,5)10-18-8-7-17/h9,18H,7-8,10,17H2,1-6H3. The van der Waals surface area contributed by atoms with Gasteiger partial charge in [0.25, 0.3) is 0 Å². The highest BCUT2D eigenvalue weighted by Crippen LogP contribution is 2.34. The first-order valence-corrected chi connectivity index (χ1v) is 6.91. The molecule has 0 saturated heterocycles. The molecule has 108 valence electrons. The highest BCUT2D eigenvalue weighted by molar-refractivity contribution is 5.51. The van der Waals surface area contributed by atoms with E-state index in [-0.39, 0.29) is 5.41 Å². The molecule has 0 aliphatic heterocycles. The Hall–Kier alpha value is -1.06. The topological polar surface area (TPSA) is 47.3 Å². The van der Waals surface area contributed by atoms with Crippen LogP contribution in [0.2, 0.25) is 0 Å². The van der Waals surface area contributed by atoms with Crippen LogP contribution in [0, 0.1) is 20.8 Å². The molecule has 3 nitrogen and oxygen atoms in total. The van der Waals surface area contributed by atoms with Crippen LogP contribution in [0.15, 0.2) is 6.07 Å². The molecule has 0 saturated carbocycles. The lowest BCUT2D eigenvalue weighted by molar-refractivity contribution is 0.406. The third-order valence-corrected chi connectivity index (χ3v) is 3.85. The zero-order valence-electron chi connectivity index (χ0n) is 13.2. The van der Waals surface area contributed by atoms with Gasteiger partial charge in [-0.1, -0.05) is 19.9 Å². The third-order valence-electron chi connectivity index (χ3n) is 3.85. The normalized spacial score (nSPS) is 11.7. The van der Waals surface area contributed by atoms with E-state index >= 15 is 0 Å². The maximum absolute atomic E-state index is 5.53. The summed E-state index contributed by atoms with van der Waals surface area (Å²) in [7, 11) is 1.74. The maximum atomic E-state index is 5.53. The molecule has 0 heterocycles. The summed E-state index contributed by atoms with van der Waals surface area (Å²) < 4.78 is 5.49. The summed E-state index contributed by atoms with van der Waals surface area (Å²) in [6.07, 6.45) is 0. The van der Waals surface area contributed by atoms with E-state index in [0.717, 1.165) is 18.8 Å². The molecule has 0 aliphatic carbocycles. The van der Waals surface area contributed by atoms with E-state index in [1.54, 1.807) is 7.11 Å². The second-order valence-corrected chi connectivity index (χ2v) is 5.87. The minimum atomic E-state index is 0.0844. The Morgan fingerprint density at radius 2 is 1.84 bits per heavy atom.